The van der Waals surface area contributed by atoms with Crippen LogP contribution >= 0.6 is 0 Å². The number of rotatable bonds is 3. The van der Waals surface area contributed by atoms with Crippen LogP contribution in [-0.4, -0.2) is 9.97 Å². The van der Waals surface area contributed by atoms with Crippen molar-refractivity contribution in [3.05, 3.63) is 169 Å². The van der Waals surface area contributed by atoms with Gasteiger partial charge in [-0.3, -0.25) is 0 Å². The first-order valence-electron chi connectivity index (χ1n) is 16.1. The Hall–Kier alpha value is -5.29. The molecule has 5 aromatic carbocycles. The van der Waals surface area contributed by atoms with Crippen LogP contribution in [0.5, 0.6) is 0 Å². The SMILES string of the molecule is CC1(C)c2cnc(-c3[c-]ccc4c3oc3c(-c5ccccc5)cccc34)cc2-c2ccccc2C1(F)F.[Ir].[c-]1ccccc1-c1ccccn1. The summed E-state index contributed by atoms with van der Waals surface area (Å²) >= 11 is 0. The third-order valence-electron chi connectivity index (χ3n) is 9.37. The van der Waals surface area contributed by atoms with Gasteiger partial charge in [0, 0.05) is 49.0 Å². The molecule has 0 amide bonds. The zero-order valence-electron chi connectivity index (χ0n) is 27.2. The molecule has 8 aromatic rings. The molecule has 3 heterocycles. The number of fused-ring (bicyclic) bond motifs is 6. The minimum Gasteiger partial charge on any atom is -0.500 e. The largest absolute Gasteiger partial charge is 0.500 e. The number of furan rings is 1. The summed E-state index contributed by atoms with van der Waals surface area (Å²) in [6.07, 6.45) is 3.38. The van der Waals surface area contributed by atoms with Crippen LogP contribution in [-0.2, 0) is 31.4 Å². The maximum absolute atomic E-state index is 15.5. The minimum atomic E-state index is -3.02. The molecule has 0 fully saturated rings. The number of nitrogens with zero attached hydrogens (tertiary/aromatic N) is 2. The van der Waals surface area contributed by atoms with Gasteiger partial charge in [0.1, 0.15) is 5.58 Å². The second-order valence-corrected chi connectivity index (χ2v) is 12.6. The van der Waals surface area contributed by atoms with Gasteiger partial charge in [-0.15, -0.1) is 54.1 Å². The summed E-state index contributed by atoms with van der Waals surface area (Å²) in [7, 11) is 0. The first-order valence-corrected chi connectivity index (χ1v) is 16.1. The van der Waals surface area contributed by atoms with Crippen molar-refractivity contribution in [1.29, 1.82) is 0 Å². The van der Waals surface area contributed by atoms with Gasteiger partial charge in [0.05, 0.1) is 11.0 Å². The Bertz CT molecular complexity index is 2410. The standard InChI is InChI=1S/C33H22F2NO.C11H8N.Ir/c1-32(2)28-19-36-29(18-26(28)22-12-6-7-17-27(22)33(32,34)35)25-16-9-15-24-23-14-8-13-21(30(23)37-31(24)25)20-10-4-3-5-11-20;1-2-6-10(7-3-1)11-8-4-5-9-12-11;/h3-15,17-19H,1-2H3;1-6,8-9H;/q2*-1;. The number of hydrogen-bond acceptors (Lipinski definition) is 3. The van der Waals surface area contributed by atoms with E-state index in [2.05, 4.69) is 46.4 Å². The van der Waals surface area contributed by atoms with Gasteiger partial charge in [0.15, 0.2) is 0 Å². The number of aromatic nitrogens is 2. The zero-order chi connectivity index (χ0) is 33.6. The molecular weight excluding hydrogens is 803 g/mol. The van der Waals surface area contributed by atoms with E-state index in [0.29, 0.717) is 28.0 Å². The number of hydrogen-bond donors (Lipinski definition) is 0. The topological polar surface area (TPSA) is 38.9 Å². The molecule has 0 bridgehead atoms. The molecule has 247 valence electrons. The van der Waals surface area contributed by atoms with Crippen molar-refractivity contribution in [3.8, 4) is 44.8 Å². The second kappa shape index (κ2) is 13.2. The van der Waals surface area contributed by atoms with E-state index < -0.39 is 11.3 Å². The zero-order valence-corrected chi connectivity index (χ0v) is 29.6. The molecule has 0 unspecified atom stereocenters. The van der Waals surface area contributed by atoms with E-state index in [1.807, 2.05) is 84.9 Å². The monoisotopic (exact) mass is 833 g/mol. The predicted molar refractivity (Wildman–Crippen MR) is 192 cm³/mol. The molecule has 6 heteroatoms. The first kappa shape index (κ1) is 33.2. The Kier molecular flexibility index (Phi) is 8.77. The van der Waals surface area contributed by atoms with E-state index in [1.54, 1.807) is 44.4 Å². The van der Waals surface area contributed by atoms with E-state index >= 15 is 8.78 Å². The minimum absolute atomic E-state index is 0. The van der Waals surface area contributed by atoms with Crippen molar-refractivity contribution in [1.82, 2.24) is 9.97 Å². The van der Waals surface area contributed by atoms with Gasteiger partial charge in [-0.05, 0) is 53.6 Å². The molecule has 1 aliphatic carbocycles. The van der Waals surface area contributed by atoms with E-state index in [9.17, 15) is 0 Å². The van der Waals surface area contributed by atoms with Crippen molar-refractivity contribution in [2.75, 3.05) is 0 Å². The molecule has 9 rings (SSSR count). The predicted octanol–water partition coefficient (Wildman–Crippen LogP) is 11.7. The fourth-order valence-electron chi connectivity index (χ4n) is 6.68. The number of benzene rings is 5. The fourth-order valence-corrected chi connectivity index (χ4v) is 6.68. The normalized spacial score (nSPS) is 13.8. The number of halogens is 2. The van der Waals surface area contributed by atoms with Crippen LogP contribution in [0.2, 0.25) is 0 Å². The van der Waals surface area contributed by atoms with Gasteiger partial charge in [-0.1, -0.05) is 102 Å². The van der Waals surface area contributed by atoms with Gasteiger partial charge < -0.3 is 14.4 Å². The van der Waals surface area contributed by atoms with Crippen LogP contribution in [0.25, 0.3) is 66.7 Å². The quantitative estimate of drug-likeness (QED) is 0.167. The van der Waals surface area contributed by atoms with Crippen LogP contribution < -0.4 is 0 Å². The van der Waals surface area contributed by atoms with Gasteiger partial charge >= 0.3 is 0 Å². The molecule has 50 heavy (non-hydrogen) atoms. The van der Waals surface area contributed by atoms with E-state index in [4.69, 9.17) is 4.42 Å². The maximum Gasteiger partial charge on any atom is 0.282 e. The molecule has 0 atom stereocenters. The molecule has 3 aromatic heterocycles. The average molecular weight is 833 g/mol. The van der Waals surface area contributed by atoms with Crippen LogP contribution in [0.3, 0.4) is 0 Å². The third kappa shape index (κ3) is 5.55. The Morgan fingerprint density at radius 1 is 0.600 bits per heavy atom. The Morgan fingerprint density at radius 2 is 1.34 bits per heavy atom. The van der Waals surface area contributed by atoms with Crippen LogP contribution in [0.15, 0.2) is 150 Å². The molecule has 1 aliphatic rings. The molecule has 0 spiro atoms. The third-order valence-corrected chi connectivity index (χ3v) is 9.37. The summed E-state index contributed by atoms with van der Waals surface area (Å²) < 4.78 is 37.6. The maximum atomic E-state index is 15.5. The van der Waals surface area contributed by atoms with E-state index in [-0.39, 0.29) is 25.7 Å². The number of para-hydroxylation sites is 1. The van der Waals surface area contributed by atoms with Crippen LogP contribution in [0.4, 0.5) is 8.78 Å². The van der Waals surface area contributed by atoms with E-state index in [0.717, 1.165) is 44.3 Å². The second-order valence-electron chi connectivity index (χ2n) is 12.6. The van der Waals surface area contributed by atoms with Gasteiger partial charge in [-0.2, -0.15) is 0 Å². The van der Waals surface area contributed by atoms with Gasteiger partial charge in [-0.25, -0.2) is 8.78 Å². The fraction of sp³-hybridized carbons (Fsp3) is 0.0909. The number of pyridine rings is 2. The van der Waals surface area contributed by atoms with Crippen LogP contribution in [0, 0.1) is 12.1 Å². The summed E-state index contributed by atoms with van der Waals surface area (Å²) in [5.41, 5.74) is 7.40. The molecule has 0 saturated carbocycles. The molecule has 0 aliphatic heterocycles. The Balaban J connectivity index is 0.000000255. The van der Waals surface area contributed by atoms with Gasteiger partial charge in [0.2, 0.25) is 0 Å². The van der Waals surface area contributed by atoms with Crippen LogP contribution in [0.1, 0.15) is 25.0 Å². The molecule has 0 N–H and O–H groups in total. The summed E-state index contributed by atoms with van der Waals surface area (Å²) in [4.78, 5) is 8.89. The van der Waals surface area contributed by atoms with Crippen molar-refractivity contribution in [3.63, 3.8) is 0 Å². The molecular formula is C44H30F2IrN2O-2. The van der Waals surface area contributed by atoms with Gasteiger partial charge in [0.25, 0.3) is 5.92 Å². The Labute approximate surface area is 303 Å². The van der Waals surface area contributed by atoms with Crippen molar-refractivity contribution in [2.45, 2.75) is 25.2 Å². The molecule has 1 radical (unpaired) electrons. The average Bonchev–Trinajstić information content (AvgIpc) is 3.55. The Morgan fingerprint density at radius 3 is 2.12 bits per heavy atom. The smallest absolute Gasteiger partial charge is 0.282 e. The molecule has 0 saturated heterocycles. The first-order chi connectivity index (χ1) is 23.8. The summed E-state index contributed by atoms with van der Waals surface area (Å²) in [5, 5.41) is 1.98. The summed E-state index contributed by atoms with van der Waals surface area (Å²) in [6, 6.07) is 48.9. The van der Waals surface area contributed by atoms with E-state index in [1.165, 1.54) is 6.07 Å². The van der Waals surface area contributed by atoms with Crippen molar-refractivity contribution >= 4 is 21.9 Å². The summed E-state index contributed by atoms with van der Waals surface area (Å²) in [6.45, 7) is 3.17. The van der Waals surface area contributed by atoms with Crippen molar-refractivity contribution < 1.29 is 33.3 Å². The number of alkyl halides is 2. The molecule has 3 nitrogen and oxygen atoms in total. The summed E-state index contributed by atoms with van der Waals surface area (Å²) in [5.74, 6) is -3.02. The van der Waals surface area contributed by atoms with Crippen molar-refractivity contribution in [2.24, 2.45) is 0 Å².